The minimum absolute atomic E-state index is 0.0796. The van der Waals surface area contributed by atoms with Gasteiger partial charge in [0, 0.05) is 16.8 Å². The van der Waals surface area contributed by atoms with Crippen molar-refractivity contribution >= 4 is 23.4 Å². The molecule has 0 fully saturated rings. The monoisotopic (exact) mass is 387 g/mol. The van der Waals surface area contributed by atoms with Crippen LogP contribution in [0, 0.1) is 19.8 Å². The van der Waals surface area contributed by atoms with Gasteiger partial charge >= 0.3 is 0 Å². The molecule has 0 aliphatic heterocycles. The number of carbonyl (C=O) groups is 1. The Morgan fingerprint density at radius 1 is 1.37 bits per heavy atom. The maximum Gasteiger partial charge on any atom is 0.171 e. The third-order valence-electron chi connectivity index (χ3n) is 3.60. The number of aromatic nitrogens is 2. The summed E-state index contributed by atoms with van der Waals surface area (Å²) in [5.41, 5.74) is 1.98. The Bertz CT molecular complexity index is 869. The van der Waals surface area contributed by atoms with Crippen LogP contribution in [0.15, 0.2) is 35.7 Å². The summed E-state index contributed by atoms with van der Waals surface area (Å²) in [6.07, 6.45) is 12.0. The second-order valence-electron chi connectivity index (χ2n) is 5.30. The lowest BCUT2D eigenvalue weighted by Gasteiger charge is -2.13. The zero-order valence-corrected chi connectivity index (χ0v) is 16.3. The summed E-state index contributed by atoms with van der Waals surface area (Å²) < 4.78 is 14.0. The fourth-order valence-electron chi connectivity index (χ4n) is 2.31. The fraction of sp³-hybridized carbons (Fsp3) is 0.250. The van der Waals surface area contributed by atoms with Gasteiger partial charge in [-0.25, -0.2) is 14.4 Å². The van der Waals surface area contributed by atoms with Gasteiger partial charge in [0.05, 0.1) is 11.4 Å². The van der Waals surface area contributed by atoms with Gasteiger partial charge in [-0.1, -0.05) is 24.3 Å². The number of rotatable bonds is 7. The Labute approximate surface area is 162 Å². The maximum absolute atomic E-state index is 14.0. The average Bonchev–Trinajstić information content (AvgIpc) is 3.12. The number of aromatic hydroxyl groups is 1. The van der Waals surface area contributed by atoms with Gasteiger partial charge in [0.1, 0.15) is 17.9 Å². The molecule has 0 unspecified atom stereocenters. The number of thiophene rings is 1. The van der Waals surface area contributed by atoms with Crippen LogP contribution < -0.4 is 5.32 Å². The molecule has 0 spiro atoms. The van der Waals surface area contributed by atoms with Crippen molar-refractivity contribution in [3.63, 3.8) is 0 Å². The van der Waals surface area contributed by atoms with Gasteiger partial charge in [-0.2, -0.15) is 0 Å². The summed E-state index contributed by atoms with van der Waals surface area (Å²) in [6.45, 7) is 5.44. The summed E-state index contributed by atoms with van der Waals surface area (Å²) >= 11 is 1.18. The van der Waals surface area contributed by atoms with Gasteiger partial charge in [-0.15, -0.1) is 12.8 Å². The number of hydrogen-bond donors (Lipinski definition) is 2. The Morgan fingerprint density at radius 3 is 2.59 bits per heavy atom. The number of hydrogen-bond acceptors (Lipinski definition) is 6. The van der Waals surface area contributed by atoms with Crippen molar-refractivity contribution in [3.05, 3.63) is 46.9 Å². The van der Waals surface area contributed by atoms with E-state index in [0.29, 0.717) is 24.3 Å². The fourth-order valence-corrected chi connectivity index (χ4v) is 2.99. The van der Waals surface area contributed by atoms with Crippen LogP contribution in [0.3, 0.4) is 0 Å². The molecule has 0 atom stereocenters. The number of carbonyl (C=O) groups excluding carboxylic acids is 1. The second kappa shape index (κ2) is 10.9. The van der Waals surface area contributed by atoms with Crippen molar-refractivity contribution < 1.29 is 14.3 Å². The van der Waals surface area contributed by atoms with Crippen LogP contribution in [0.2, 0.25) is 0 Å². The first kappa shape index (κ1) is 22.1. The molecule has 0 bridgehead atoms. The number of anilines is 1. The molecule has 0 amide bonds. The Balaban J connectivity index is 0.00000176. The molecular weight excluding hydrogens is 365 g/mol. The van der Waals surface area contributed by atoms with E-state index in [1.807, 2.05) is 13.8 Å². The van der Waals surface area contributed by atoms with Crippen LogP contribution in [0.1, 0.15) is 25.1 Å². The van der Waals surface area contributed by atoms with Crippen LogP contribution in [-0.4, -0.2) is 27.9 Å². The minimum atomic E-state index is -0.464. The zero-order valence-electron chi connectivity index (χ0n) is 15.5. The van der Waals surface area contributed by atoms with E-state index in [4.69, 9.17) is 0 Å². The van der Waals surface area contributed by atoms with E-state index >= 15 is 0 Å². The molecule has 2 rings (SSSR count). The highest BCUT2D eigenvalue weighted by atomic mass is 32.1. The van der Waals surface area contributed by atoms with E-state index in [2.05, 4.69) is 28.1 Å². The molecule has 0 aliphatic rings. The number of nitrogens with zero attached hydrogens (tertiary/aromatic N) is 2. The molecule has 0 radical (unpaired) electrons. The molecule has 142 valence electrons. The Morgan fingerprint density at radius 2 is 2.07 bits per heavy atom. The van der Waals surface area contributed by atoms with Crippen molar-refractivity contribution in [1.82, 2.24) is 9.97 Å². The summed E-state index contributed by atoms with van der Waals surface area (Å²) in [7, 11) is 0. The lowest BCUT2D eigenvalue weighted by atomic mass is 10.1. The van der Waals surface area contributed by atoms with Gasteiger partial charge in [-0.3, -0.25) is 4.79 Å². The van der Waals surface area contributed by atoms with Crippen LogP contribution >= 0.6 is 11.3 Å². The molecule has 27 heavy (non-hydrogen) atoms. The topological polar surface area (TPSA) is 75.1 Å². The van der Waals surface area contributed by atoms with Crippen molar-refractivity contribution in [2.45, 2.75) is 27.2 Å². The molecule has 2 heterocycles. The van der Waals surface area contributed by atoms with Crippen LogP contribution in [-0.2, 0) is 11.2 Å². The first-order valence-electron chi connectivity index (χ1n) is 8.19. The SMILES string of the molecule is C#C.C/C=C(C=O)\C=C(\F)CNc1nc(-c2ccc(O)s2)nc(C)c1CC. The van der Waals surface area contributed by atoms with Crippen molar-refractivity contribution in [2.75, 3.05) is 11.9 Å². The molecule has 7 heteroatoms. The number of terminal acetylenes is 1. The standard InChI is InChI=1S/C18H20FN3O2S.C2H2/c1-4-12(10-23)8-13(19)9-20-17-14(5-2)11(3)21-18(22-17)15-6-7-16(24)25-15;1-2/h4,6-8,10,24H,5,9H2,1-3H3,(H,20,21,22);1-2H/b12-4+,13-8+;. The zero-order chi connectivity index (χ0) is 20.4. The predicted octanol–water partition coefficient (Wildman–Crippen LogP) is 4.44. The van der Waals surface area contributed by atoms with E-state index in [1.54, 1.807) is 25.1 Å². The lowest BCUT2D eigenvalue weighted by molar-refractivity contribution is -0.104. The normalized spacial score (nSPS) is 11.5. The highest BCUT2D eigenvalue weighted by molar-refractivity contribution is 7.17. The summed E-state index contributed by atoms with van der Waals surface area (Å²) in [4.78, 5) is 20.4. The van der Waals surface area contributed by atoms with Gasteiger partial charge in [0.25, 0.3) is 0 Å². The largest absolute Gasteiger partial charge is 0.499 e. The van der Waals surface area contributed by atoms with Crippen molar-refractivity contribution in [1.29, 1.82) is 0 Å². The molecule has 5 nitrogen and oxygen atoms in total. The molecule has 0 aliphatic carbocycles. The number of aryl methyl sites for hydroxylation is 1. The van der Waals surface area contributed by atoms with E-state index in [-0.39, 0.29) is 17.2 Å². The Kier molecular flexibility index (Phi) is 8.90. The highest BCUT2D eigenvalue weighted by Gasteiger charge is 2.13. The number of allylic oxidation sites excluding steroid dienone is 3. The molecular formula is C20H22FN3O2S. The number of nitrogens with one attached hydrogen (secondary N) is 1. The van der Waals surface area contributed by atoms with E-state index in [9.17, 15) is 14.3 Å². The maximum atomic E-state index is 14.0. The van der Waals surface area contributed by atoms with E-state index < -0.39 is 5.83 Å². The quantitative estimate of drug-likeness (QED) is 0.318. The van der Waals surface area contributed by atoms with Crippen molar-refractivity contribution in [3.8, 4) is 28.6 Å². The number of aldehydes is 1. The smallest absolute Gasteiger partial charge is 0.171 e. The molecule has 2 aromatic heterocycles. The predicted molar refractivity (Wildman–Crippen MR) is 109 cm³/mol. The minimum Gasteiger partial charge on any atom is -0.499 e. The van der Waals surface area contributed by atoms with Gasteiger partial charge in [-0.05, 0) is 38.5 Å². The lowest BCUT2D eigenvalue weighted by Crippen LogP contribution is -2.10. The highest BCUT2D eigenvalue weighted by Crippen LogP contribution is 2.31. The van der Waals surface area contributed by atoms with Crippen LogP contribution in [0.5, 0.6) is 5.06 Å². The van der Waals surface area contributed by atoms with E-state index in [1.165, 1.54) is 17.4 Å². The molecule has 0 saturated carbocycles. The summed E-state index contributed by atoms with van der Waals surface area (Å²) in [5, 5.41) is 12.7. The first-order chi connectivity index (χ1) is 13.0. The van der Waals surface area contributed by atoms with Crippen molar-refractivity contribution in [2.24, 2.45) is 0 Å². The summed E-state index contributed by atoms with van der Waals surface area (Å²) in [5.74, 6) is 0.567. The third-order valence-corrected chi connectivity index (χ3v) is 4.48. The molecule has 2 N–H and O–H groups in total. The Hall–Kier alpha value is -2.98. The molecule has 2 aromatic rings. The van der Waals surface area contributed by atoms with Crippen LogP contribution in [0.25, 0.3) is 10.7 Å². The number of halogens is 1. The third kappa shape index (κ3) is 6.04. The first-order valence-corrected chi connectivity index (χ1v) is 9.01. The van der Waals surface area contributed by atoms with Gasteiger partial charge in [0.2, 0.25) is 0 Å². The van der Waals surface area contributed by atoms with Crippen LogP contribution in [0.4, 0.5) is 10.2 Å². The van der Waals surface area contributed by atoms with Gasteiger partial charge in [0.15, 0.2) is 10.9 Å². The molecule has 0 saturated heterocycles. The van der Waals surface area contributed by atoms with E-state index in [0.717, 1.165) is 16.1 Å². The summed E-state index contributed by atoms with van der Waals surface area (Å²) in [6, 6.07) is 3.33. The average molecular weight is 387 g/mol. The molecule has 0 aromatic carbocycles. The second-order valence-corrected chi connectivity index (χ2v) is 6.36. The van der Waals surface area contributed by atoms with Gasteiger partial charge < -0.3 is 10.4 Å².